The third-order valence-corrected chi connectivity index (χ3v) is 1.69. The van der Waals surface area contributed by atoms with Gasteiger partial charge in [-0.1, -0.05) is 0 Å². The van der Waals surface area contributed by atoms with Gasteiger partial charge >= 0.3 is 0 Å². The molecule has 1 aliphatic rings. The van der Waals surface area contributed by atoms with Crippen molar-refractivity contribution in [2.24, 2.45) is 5.73 Å². The van der Waals surface area contributed by atoms with Crippen molar-refractivity contribution in [2.45, 2.75) is 25.1 Å². The SMILES string of the molecule is COC1CCC(N)CN1. The van der Waals surface area contributed by atoms with Crippen LogP contribution in [0, 0.1) is 0 Å². The molecular weight excluding hydrogens is 116 g/mol. The quantitative estimate of drug-likeness (QED) is 0.511. The van der Waals surface area contributed by atoms with Crippen LogP contribution in [0.25, 0.3) is 0 Å². The Hall–Kier alpha value is -0.120. The van der Waals surface area contributed by atoms with Crippen molar-refractivity contribution in [2.75, 3.05) is 13.7 Å². The van der Waals surface area contributed by atoms with Crippen LogP contribution in [0.2, 0.25) is 0 Å². The van der Waals surface area contributed by atoms with E-state index in [0.717, 1.165) is 19.4 Å². The van der Waals surface area contributed by atoms with Gasteiger partial charge < -0.3 is 10.5 Å². The third kappa shape index (κ3) is 1.93. The van der Waals surface area contributed by atoms with Crippen LogP contribution in [-0.4, -0.2) is 25.9 Å². The van der Waals surface area contributed by atoms with E-state index in [-0.39, 0.29) is 6.23 Å². The van der Waals surface area contributed by atoms with Gasteiger partial charge in [0.1, 0.15) is 6.23 Å². The highest BCUT2D eigenvalue weighted by Gasteiger charge is 2.15. The molecule has 0 aliphatic carbocycles. The minimum Gasteiger partial charge on any atom is -0.367 e. The van der Waals surface area contributed by atoms with Crippen LogP contribution < -0.4 is 11.1 Å². The minimum absolute atomic E-state index is 0.241. The summed E-state index contributed by atoms with van der Waals surface area (Å²) in [7, 11) is 1.72. The molecule has 0 saturated carbocycles. The monoisotopic (exact) mass is 130 g/mol. The first-order chi connectivity index (χ1) is 4.33. The van der Waals surface area contributed by atoms with Gasteiger partial charge in [-0.3, -0.25) is 5.32 Å². The molecule has 54 valence electrons. The topological polar surface area (TPSA) is 47.3 Å². The van der Waals surface area contributed by atoms with Crippen molar-refractivity contribution < 1.29 is 4.74 Å². The summed E-state index contributed by atoms with van der Waals surface area (Å²) in [5, 5.41) is 3.17. The normalized spacial score (nSPS) is 36.7. The number of hydrogen-bond donors (Lipinski definition) is 2. The van der Waals surface area contributed by atoms with Crippen LogP contribution in [0.15, 0.2) is 0 Å². The molecule has 3 heteroatoms. The summed E-state index contributed by atoms with van der Waals surface area (Å²) in [6.07, 6.45) is 2.35. The number of rotatable bonds is 1. The molecule has 2 unspecified atom stereocenters. The standard InChI is InChI=1S/C6H14N2O/c1-9-6-3-2-5(7)4-8-6/h5-6,8H,2-4,7H2,1H3. The van der Waals surface area contributed by atoms with E-state index in [1.54, 1.807) is 7.11 Å². The first kappa shape index (κ1) is 6.99. The maximum absolute atomic E-state index is 5.63. The lowest BCUT2D eigenvalue weighted by Gasteiger charge is -2.26. The van der Waals surface area contributed by atoms with Gasteiger partial charge in [0.05, 0.1) is 0 Å². The fourth-order valence-electron chi connectivity index (χ4n) is 1.05. The first-order valence-corrected chi connectivity index (χ1v) is 3.34. The summed E-state index contributed by atoms with van der Waals surface area (Å²) in [5.74, 6) is 0. The lowest BCUT2D eigenvalue weighted by Crippen LogP contribution is -2.46. The number of nitrogens with one attached hydrogen (secondary N) is 1. The van der Waals surface area contributed by atoms with Crippen LogP contribution >= 0.6 is 0 Å². The zero-order valence-corrected chi connectivity index (χ0v) is 5.76. The molecule has 3 N–H and O–H groups in total. The highest BCUT2D eigenvalue weighted by atomic mass is 16.5. The average molecular weight is 130 g/mol. The molecule has 0 spiro atoms. The molecule has 3 nitrogen and oxygen atoms in total. The molecule has 1 fully saturated rings. The number of nitrogens with two attached hydrogens (primary N) is 1. The van der Waals surface area contributed by atoms with Gasteiger partial charge in [0, 0.05) is 19.7 Å². The van der Waals surface area contributed by atoms with Gasteiger partial charge in [-0.25, -0.2) is 0 Å². The van der Waals surface area contributed by atoms with Gasteiger partial charge in [-0.05, 0) is 12.8 Å². The molecule has 2 atom stereocenters. The van der Waals surface area contributed by atoms with Crippen LogP contribution in [0.3, 0.4) is 0 Å². The van der Waals surface area contributed by atoms with E-state index in [0.29, 0.717) is 6.04 Å². The largest absolute Gasteiger partial charge is 0.367 e. The molecule has 0 radical (unpaired) electrons. The second-order valence-electron chi connectivity index (χ2n) is 2.47. The summed E-state index contributed by atoms with van der Waals surface area (Å²) in [6.45, 7) is 0.887. The first-order valence-electron chi connectivity index (χ1n) is 3.34. The highest BCUT2D eigenvalue weighted by Crippen LogP contribution is 2.05. The predicted molar refractivity (Wildman–Crippen MR) is 36.0 cm³/mol. The molecule has 9 heavy (non-hydrogen) atoms. The number of piperidine rings is 1. The molecule has 1 rings (SSSR count). The number of hydrogen-bond acceptors (Lipinski definition) is 3. The van der Waals surface area contributed by atoms with E-state index < -0.39 is 0 Å². The van der Waals surface area contributed by atoms with E-state index in [4.69, 9.17) is 10.5 Å². The van der Waals surface area contributed by atoms with Crippen LogP contribution in [0.4, 0.5) is 0 Å². The maximum Gasteiger partial charge on any atom is 0.107 e. The van der Waals surface area contributed by atoms with Crippen molar-refractivity contribution in [1.29, 1.82) is 0 Å². The minimum atomic E-state index is 0.241. The molecule has 0 amide bonds. The van der Waals surface area contributed by atoms with Gasteiger partial charge in [0.25, 0.3) is 0 Å². The molecule has 1 heterocycles. The van der Waals surface area contributed by atoms with Crippen molar-refractivity contribution in [3.05, 3.63) is 0 Å². The Bertz CT molecular complexity index is 79.1. The third-order valence-electron chi connectivity index (χ3n) is 1.69. The lowest BCUT2D eigenvalue weighted by atomic mass is 10.1. The van der Waals surface area contributed by atoms with Crippen molar-refractivity contribution in [3.8, 4) is 0 Å². The summed E-state index contributed by atoms with van der Waals surface area (Å²) < 4.78 is 5.07. The Morgan fingerprint density at radius 1 is 1.56 bits per heavy atom. The maximum atomic E-state index is 5.63. The van der Waals surface area contributed by atoms with Crippen LogP contribution in [-0.2, 0) is 4.74 Å². The number of ether oxygens (including phenoxy) is 1. The van der Waals surface area contributed by atoms with E-state index in [1.165, 1.54) is 0 Å². The second-order valence-corrected chi connectivity index (χ2v) is 2.47. The fourth-order valence-corrected chi connectivity index (χ4v) is 1.05. The Kier molecular flexibility index (Phi) is 2.45. The Labute approximate surface area is 55.6 Å². The molecule has 0 aromatic heterocycles. The van der Waals surface area contributed by atoms with Gasteiger partial charge in [0.15, 0.2) is 0 Å². The molecule has 0 aromatic rings. The van der Waals surface area contributed by atoms with Gasteiger partial charge in [-0.2, -0.15) is 0 Å². The molecule has 0 aromatic carbocycles. The Balaban J connectivity index is 2.18. The van der Waals surface area contributed by atoms with E-state index in [2.05, 4.69) is 5.32 Å². The van der Waals surface area contributed by atoms with Crippen LogP contribution in [0.1, 0.15) is 12.8 Å². The zero-order valence-electron chi connectivity index (χ0n) is 5.76. The Morgan fingerprint density at radius 2 is 2.33 bits per heavy atom. The molecular formula is C6H14N2O. The Morgan fingerprint density at radius 3 is 2.78 bits per heavy atom. The van der Waals surface area contributed by atoms with E-state index in [1.807, 2.05) is 0 Å². The smallest absolute Gasteiger partial charge is 0.107 e. The summed E-state index contributed by atoms with van der Waals surface area (Å²) in [4.78, 5) is 0. The summed E-state index contributed by atoms with van der Waals surface area (Å²) in [6, 6.07) is 0.330. The number of methoxy groups -OCH3 is 1. The van der Waals surface area contributed by atoms with Gasteiger partial charge in [-0.15, -0.1) is 0 Å². The summed E-state index contributed by atoms with van der Waals surface area (Å²) in [5.41, 5.74) is 5.63. The molecule has 0 bridgehead atoms. The average Bonchev–Trinajstić information content (AvgIpc) is 1.90. The summed E-state index contributed by atoms with van der Waals surface area (Å²) >= 11 is 0. The van der Waals surface area contributed by atoms with E-state index in [9.17, 15) is 0 Å². The van der Waals surface area contributed by atoms with Crippen LogP contribution in [0.5, 0.6) is 0 Å². The van der Waals surface area contributed by atoms with Gasteiger partial charge in [0.2, 0.25) is 0 Å². The molecule has 1 aliphatic heterocycles. The highest BCUT2D eigenvalue weighted by molar-refractivity contribution is 4.73. The molecule has 1 saturated heterocycles. The van der Waals surface area contributed by atoms with Crippen molar-refractivity contribution in [1.82, 2.24) is 5.32 Å². The lowest BCUT2D eigenvalue weighted by molar-refractivity contribution is 0.0482. The van der Waals surface area contributed by atoms with Crippen molar-refractivity contribution in [3.63, 3.8) is 0 Å². The fraction of sp³-hybridized carbons (Fsp3) is 1.00. The zero-order chi connectivity index (χ0) is 6.69. The second kappa shape index (κ2) is 3.15. The van der Waals surface area contributed by atoms with Crippen molar-refractivity contribution >= 4 is 0 Å². The predicted octanol–water partition coefficient (Wildman–Crippen LogP) is -0.330. The van der Waals surface area contributed by atoms with E-state index >= 15 is 0 Å².